The maximum Gasteiger partial charge on any atom is 0.256 e. The van der Waals surface area contributed by atoms with Gasteiger partial charge < -0.3 is 9.73 Å². The molecule has 1 atom stereocenters. The molecular formula is C14H14N2O2. The van der Waals surface area contributed by atoms with Crippen LogP contribution < -0.4 is 5.32 Å². The molecule has 4 heteroatoms. The summed E-state index contributed by atoms with van der Waals surface area (Å²) >= 11 is 0. The van der Waals surface area contributed by atoms with Gasteiger partial charge in [-0.15, -0.1) is 0 Å². The predicted octanol–water partition coefficient (Wildman–Crippen LogP) is 2.85. The van der Waals surface area contributed by atoms with Crippen LogP contribution in [0, 0.1) is 11.3 Å². The van der Waals surface area contributed by atoms with Gasteiger partial charge >= 0.3 is 0 Å². The molecule has 1 aromatic heterocycles. The van der Waals surface area contributed by atoms with Crippen molar-refractivity contribution >= 4 is 16.9 Å². The van der Waals surface area contributed by atoms with Crippen LogP contribution in [0.3, 0.4) is 0 Å². The van der Waals surface area contributed by atoms with Gasteiger partial charge in [0.1, 0.15) is 17.4 Å². The third-order valence-corrected chi connectivity index (χ3v) is 3.07. The van der Waals surface area contributed by atoms with Crippen LogP contribution >= 0.6 is 0 Å². The molecule has 1 N–H and O–H groups in total. The van der Waals surface area contributed by atoms with Gasteiger partial charge in [0.2, 0.25) is 0 Å². The minimum atomic E-state index is -0.852. The number of hydrogen-bond acceptors (Lipinski definition) is 3. The fraction of sp³-hybridized carbons (Fsp3) is 0.286. The number of amides is 1. The van der Waals surface area contributed by atoms with Crippen molar-refractivity contribution in [3.05, 3.63) is 36.1 Å². The Kier molecular flexibility index (Phi) is 3.07. The van der Waals surface area contributed by atoms with Gasteiger partial charge in [-0.25, -0.2) is 0 Å². The molecule has 0 fully saturated rings. The summed E-state index contributed by atoms with van der Waals surface area (Å²) in [6.07, 6.45) is 1.97. The number of nitrogens with one attached hydrogen (secondary N) is 1. The molecule has 0 aliphatic carbocycles. The number of fused-ring (bicyclic) bond motifs is 1. The second kappa shape index (κ2) is 4.53. The molecule has 2 aromatic rings. The van der Waals surface area contributed by atoms with E-state index in [1.165, 1.54) is 6.26 Å². The molecule has 0 aliphatic heterocycles. The van der Waals surface area contributed by atoms with Crippen LogP contribution in [-0.2, 0) is 0 Å². The van der Waals surface area contributed by atoms with Crippen LogP contribution in [0.4, 0.5) is 0 Å². The molecule has 1 unspecified atom stereocenters. The summed E-state index contributed by atoms with van der Waals surface area (Å²) in [4.78, 5) is 12.1. The van der Waals surface area contributed by atoms with Gasteiger partial charge in [-0.2, -0.15) is 5.26 Å². The molecule has 0 saturated carbocycles. The van der Waals surface area contributed by atoms with E-state index >= 15 is 0 Å². The topological polar surface area (TPSA) is 66.0 Å². The van der Waals surface area contributed by atoms with Crippen molar-refractivity contribution in [2.45, 2.75) is 25.8 Å². The van der Waals surface area contributed by atoms with Gasteiger partial charge in [0, 0.05) is 5.39 Å². The third-order valence-electron chi connectivity index (χ3n) is 3.07. The number of rotatable bonds is 3. The maximum atomic E-state index is 12.1. The number of furan rings is 1. The van der Waals surface area contributed by atoms with Crippen LogP contribution in [0.5, 0.6) is 0 Å². The van der Waals surface area contributed by atoms with Gasteiger partial charge in [-0.1, -0.05) is 25.1 Å². The molecule has 0 saturated heterocycles. The van der Waals surface area contributed by atoms with E-state index in [-0.39, 0.29) is 5.91 Å². The first-order valence-electron chi connectivity index (χ1n) is 5.79. The standard InChI is InChI=1S/C14H14N2O2/c1-3-14(2,9-15)16-13(17)11-8-18-12-7-5-4-6-10(11)12/h4-8H,3H2,1-2H3,(H,16,17). The minimum absolute atomic E-state index is 0.286. The van der Waals surface area contributed by atoms with E-state index in [0.717, 1.165) is 5.39 Å². The van der Waals surface area contributed by atoms with Crippen molar-refractivity contribution in [3.8, 4) is 6.07 Å². The zero-order valence-electron chi connectivity index (χ0n) is 10.4. The van der Waals surface area contributed by atoms with E-state index in [1.54, 1.807) is 13.0 Å². The minimum Gasteiger partial charge on any atom is -0.463 e. The van der Waals surface area contributed by atoms with Crippen molar-refractivity contribution < 1.29 is 9.21 Å². The maximum absolute atomic E-state index is 12.1. The zero-order valence-corrected chi connectivity index (χ0v) is 10.4. The van der Waals surface area contributed by atoms with Gasteiger partial charge in [-0.05, 0) is 19.4 Å². The Balaban J connectivity index is 2.33. The van der Waals surface area contributed by atoms with Crippen molar-refractivity contribution in [1.82, 2.24) is 5.32 Å². The lowest BCUT2D eigenvalue weighted by molar-refractivity contribution is 0.0924. The van der Waals surface area contributed by atoms with Crippen molar-refractivity contribution in [2.75, 3.05) is 0 Å². The summed E-state index contributed by atoms with van der Waals surface area (Å²) in [5.41, 5.74) is 0.272. The van der Waals surface area contributed by atoms with Gasteiger partial charge in [0.15, 0.2) is 0 Å². The lowest BCUT2D eigenvalue weighted by atomic mass is 10.0. The summed E-state index contributed by atoms with van der Waals surface area (Å²) in [7, 11) is 0. The molecule has 0 bridgehead atoms. The average Bonchev–Trinajstić information content (AvgIpc) is 2.82. The smallest absolute Gasteiger partial charge is 0.256 e. The summed E-state index contributed by atoms with van der Waals surface area (Å²) in [5, 5.41) is 12.5. The highest BCUT2D eigenvalue weighted by Gasteiger charge is 2.25. The number of hydrogen-bond donors (Lipinski definition) is 1. The van der Waals surface area contributed by atoms with Crippen LogP contribution in [0.1, 0.15) is 30.6 Å². The van der Waals surface area contributed by atoms with E-state index in [1.807, 2.05) is 25.1 Å². The Labute approximate surface area is 105 Å². The number of para-hydroxylation sites is 1. The molecule has 1 amide bonds. The van der Waals surface area contributed by atoms with E-state index < -0.39 is 5.54 Å². The third kappa shape index (κ3) is 2.07. The Morgan fingerprint density at radius 2 is 2.22 bits per heavy atom. The summed E-state index contributed by atoms with van der Waals surface area (Å²) in [5.74, 6) is -0.286. The molecule has 92 valence electrons. The largest absolute Gasteiger partial charge is 0.463 e. The number of benzene rings is 1. The molecule has 0 radical (unpaired) electrons. The summed E-state index contributed by atoms with van der Waals surface area (Å²) in [6.45, 7) is 3.56. The predicted molar refractivity (Wildman–Crippen MR) is 68.0 cm³/mol. The highest BCUT2D eigenvalue weighted by molar-refractivity contribution is 6.06. The monoisotopic (exact) mass is 242 g/mol. The van der Waals surface area contributed by atoms with Crippen LogP contribution in [0.2, 0.25) is 0 Å². The molecule has 4 nitrogen and oxygen atoms in total. The fourth-order valence-corrected chi connectivity index (χ4v) is 1.67. The molecule has 1 heterocycles. The van der Waals surface area contributed by atoms with E-state index in [2.05, 4.69) is 11.4 Å². The van der Waals surface area contributed by atoms with Gasteiger partial charge in [-0.3, -0.25) is 4.79 Å². The number of nitriles is 1. The Morgan fingerprint density at radius 3 is 2.89 bits per heavy atom. The van der Waals surface area contributed by atoms with Crippen molar-refractivity contribution in [3.63, 3.8) is 0 Å². The Bertz CT molecular complexity index is 624. The Hall–Kier alpha value is -2.28. The second-order valence-electron chi connectivity index (χ2n) is 4.40. The zero-order chi connectivity index (χ0) is 13.2. The average molecular weight is 242 g/mol. The number of carbonyl (C=O) groups excluding carboxylic acids is 1. The van der Waals surface area contributed by atoms with Crippen LogP contribution in [0.25, 0.3) is 11.0 Å². The van der Waals surface area contributed by atoms with Crippen LogP contribution in [-0.4, -0.2) is 11.4 Å². The van der Waals surface area contributed by atoms with Crippen molar-refractivity contribution in [1.29, 1.82) is 5.26 Å². The summed E-state index contributed by atoms with van der Waals surface area (Å²) in [6, 6.07) is 9.42. The highest BCUT2D eigenvalue weighted by atomic mass is 16.3. The lowest BCUT2D eigenvalue weighted by Gasteiger charge is -2.20. The quantitative estimate of drug-likeness (QED) is 0.899. The highest BCUT2D eigenvalue weighted by Crippen LogP contribution is 2.21. The molecule has 0 aliphatic rings. The van der Waals surface area contributed by atoms with Gasteiger partial charge in [0.05, 0.1) is 11.6 Å². The van der Waals surface area contributed by atoms with E-state index in [9.17, 15) is 4.79 Å². The second-order valence-corrected chi connectivity index (χ2v) is 4.40. The molecule has 2 rings (SSSR count). The first kappa shape index (κ1) is 12.2. The first-order valence-corrected chi connectivity index (χ1v) is 5.79. The number of nitrogens with zero attached hydrogens (tertiary/aromatic N) is 1. The normalized spacial score (nSPS) is 13.8. The Morgan fingerprint density at radius 1 is 1.50 bits per heavy atom. The van der Waals surface area contributed by atoms with Gasteiger partial charge in [0.25, 0.3) is 5.91 Å². The first-order chi connectivity index (χ1) is 8.59. The summed E-state index contributed by atoms with van der Waals surface area (Å²) < 4.78 is 5.31. The number of carbonyl (C=O) groups is 1. The lowest BCUT2D eigenvalue weighted by Crippen LogP contribution is -2.44. The van der Waals surface area contributed by atoms with E-state index in [4.69, 9.17) is 9.68 Å². The molecule has 1 aromatic carbocycles. The molecule has 18 heavy (non-hydrogen) atoms. The van der Waals surface area contributed by atoms with Crippen molar-refractivity contribution in [2.24, 2.45) is 0 Å². The van der Waals surface area contributed by atoms with E-state index in [0.29, 0.717) is 17.6 Å². The molecular weight excluding hydrogens is 228 g/mol. The van der Waals surface area contributed by atoms with Crippen LogP contribution in [0.15, 0.2) is 34.9 Å². The molecule has 0 spiro atoms. The SMILES string of the molecule is CCC(C)(C#N)NC(=O)c1coc2ccccc12. The fourth-order valence-electron chi connectivity index (χ4n) is 1.67.